The van der Waals surface area contributed by atoms with Crippen LogP contribution in [0.5, 0.6) is 0 Å². The number of fused-ring (bicyclic) bond motifs is 4. The van der Waals surface area contributed by atoms with Gasteiger partial charge >= 0.3 is 17.8 Å². The molecule has 0 bridgehead atoms. The van der Waals surface area contributed by atoms with Crippen molar-refractivity contribution in [3.05, 3.63) is 105 Å². The van der Waals surface area contributed by atoms with Gasteiger partial charge in [-0.3, -0.25) is 0 Å². The van der Waals surface area contributed by atoms with Crippen molar-refractivity contribution in [3.8, 4) is 0 Å². The van der Waals surface area contributed by atoms with E-state index in [0.717, 1.165) is 13.8 Å². The smallest absolute Gasteiger partial charge is 0.223 e. The summed E-state index contributed by atoms with van der Waals surface area (Å²) in [6.45, 7) is 4.70. The van der Waals surface area contributed by atoms with Crippen molar-refractivity contribution in [1.82, 2.24) is 0 Å². The number of allylic oxidation sites excluding steroid dienone is 4. The number of sulfone groups is 2. The number of alkyl halides is 6. The number of hydrogen-bond acceptors (Lipinski definition) is 4. The van der Waals surface area contributed by atoms with Crippen molar-refractivity contribution in [1.29, 1.82) is 0 Å². The van der Waals surface area contributed by atoms with Gasteiger partial charge in [0.1, 0.15) is 9.49 Å². The molecule has 2 atom stereocenters. The van der Waals surface area contributed by atoms with Crippen molar-refractivity contribution in [2.75, 3.05) is 0 Å². The molecular formula is C31H26F6O4S2. The van der Waals surface area contributed by atoms with Gasteiger partial charge in [0, 0.05) is 11.1 Å². The highest BCUT2D eigenvalue weighted by molar-refractivity contribution is 8.06. The van der Waals surface area contributed by atoms with Crippen LogP contribution in [0.2, 0.25) is 0 Å². The van der Waals surface area contributed by atoms with Crippen LogP contribution >= 0.6 is 0 Å². The van der Waals surface area contributed by atoms with Crippen LogP contribution in [0.3, 0.4) is 0 Å². The van der Waals surface area contributed by atoms with Crippen LogP contribution in [0.15, 0.2) is 94.1 Å². The summed E-state index contributed by atoms with van der Waals surface area (Å²) < 4.78 is 149. The Morgan fingerprint density at radius 2 is 0.837 bits per heavy atom. The molecule has 0 saturated heterocycles. The first-order valence-corrected chi connectivity index (χ1v) is 16.5. The summed E-state index contributed by atoms with van der Waals surface area (Å²) in [4.78, 5) is -1.11. The summed E-state index contributed by atoms with van der Waals surface area (Å²) >= 11 is 0. The maximum atomic E-state index is 16.0. The van der Waals surface area contributed by atoms with Gasteiger partial charge < -0.3 is 0 Å². The molecule has 12 heteroatoms. The first-order chi connectivity index (χ1) is 19.9. The van der Waals surface area contributed by atoms with Crippen molar-refractivity contribution < 1.29 is 43.2 Å². The first kappa shape index (κ1) is 29.9. The molecule has 0 amide bonds. The topological polar surface area (TPSA) is 68.3 Å². The van der Waals surface area contributed by atoms with Gasteiger partial charge in [-0.25, -0.2) is 16.8 Å². The third-order valence-electron chi connectivity index (χ3n) is 9.58. The minimum absolute atomic E-state index is 0.00660. The number of halogens is 6. The zero-order chi connectivity index (χ0) is 31.8. The first-order valence-electron chi connectivity index (χ1n) is 13.6. The quantitative estimate of drug-likeness (QED) is 0.324. The molecule has 1 fully saturated rings. The summed E-state index contributed by atoms with van der Waals surface area (Å²) in [5.41, 5.74) is -6.51. The van der Waals surface area contributed by atoms with Gasteiger partial charge in [-0.05, 0) is 60.1 Å². The van der Waals surface area contributed by atoms with E-state index in [1.807, 2.05) is 0 Å². The highest BCUT2D eigenvalue weighted by atomic mass is 32.2. The Balaban J connectivity index is 1.95. The summed E-state index contributed by atoms with van der Waals surface area (Å²) in [6.07, 6.45) is -1.34. The second kappa shape index (κ2) is 8.53. The van der Waals surface area contributed by atoms with E-state index in [1.54, 1.807) is 12.1 Å². The fourth-order valence-electron chi connectivity index (χ4n) is 8.09. The summed E-state index contributed by atoms with van der Waals surface area (Å²) in [5.74, 6) is -17.0. The molecule has 2 aromatic rings. The normalized spacial score (nSPS) is 30.9. The largest absolute Gasteiger partial charge is 0.380 e. The minimum Gasteiger partial charge on any atom is -0.223 e. The molecule has 2 aliphatic carbocycles. The van der Waals surface area contributed by atoms with Crippen LogP contribution in [0.4, 0.5) is 26.3 Å². The van der Waals surface area contributed by atoms with E-state index >= 15 is 26.3 Å². The number of hydrogen-bond donors (Lipinski definition) is 0. The lowest BCUT2D eigenvalue weighted by molar-refractivity contribution is -0.258. The molecule has 2 heterocycles. The van der Waals surface area contributed by atoms with Crippen molar-refractivity contribution >= 4 is 29.5 Å². The van der Waals surface area contributed by atoms with E-state index in [0.29, 0.717) is 0 Å². The SMILES string of the molecule is CCC12C(=C3C(=C4C(C)=C(c5ccccc5)S(=O)(=O)C41CC)C(F)(F)C(F)(F)C3(F)F)C(C)=C(c1ccccc1)S2(=O)=O. The van der Waals surface area contributed by atoms with Crippen LogP contribution in [-0.2, 0) is 19.7 Å². The van der Waals surface area contributed by atoms with Gasteiger partial charge in [0.25, 0.3) is 0 Å². The Morgan fingerprint density at radius 1 is 0.535 bits per heavy atom. The molecule has 2 unspecified atom stereocenters. The molecule has 0 aromatic heterocycles. The van der Waals surface area contributed by atoms with Gasteiger partial charge in [0.05, 0.1) is 9.81 Å². The molecule has 1 saturated carbocycles. The highest BCUT2D eigenvalue weighted by Crippen LogP contribution is 2.75. The second-order valence-corrected chi connectivity index (χ2v) is 15.5. The van der Waals surface area contributed by atoms with Crippen molar-refractivity contribution in [2.24, 2.45) is 0 Å². The molecule has 6 rings (SSSR count). The molecule has 4 aliphatic rings. The van der Waals surface area contributed by atoms with E-state index in [-0.39, 0.29) is 11.1 Å². The Labute approximate surface area is 245 Å². The molecule has 43 heavy (non-hydrogen) atoms. The average Bonchev–Trinajstić information content (AvgIpc) is 3.29. The van der Waals surface area contributed by atoms with Crippen LogP contribution in [0, 0.1) is 0 Å². The fraction of sp³-hybridized carbons (Fsp3) is 0.355. The van der Waals surface area contributed by atoms with Gasteiger partial charge in [-0.15, -0.1) is 0 Å². The molecule has 4 nitrogen and oxygen atoms in total. The van der Waals surface area contributed by atoms with Gasteiger partial charge in [0.15, 0.2) is 19.7 Å². The van der Waals surface area contributed by atoms with Crippen LogP contribution in [0.25, 0.3) is 9.81 Å². The van der Waals surface area contributed by atoms with Crippen LogP contribution in [-0.4, -0.2) is 44.1 Å². The van der Waals surface area contributed by atoms with E-state index in [4.69, 9.17) is 0 Å². The molecule has 0 spiro atoms. The number of benzene rings is 2. The highest BCUT2D eigenvalue weighted by Gasteiger charge is 2.87. The zero-order valence-electron chi connectivity index (χ0n) is 23.4. The standard InChI is InChI=1S/C31H26F6O4S2/c1-5-27-21(17(3)25(42(27,38)39)19-13-9-7-10-14-19)23-24(30(34,35)31(36,37)29(23,32)33)22-18(4)26(20-15-11-8-12-16-20)43(40,41)28(22,27)6-2/h7-16H,5-6H2,1-4H3. The maximum absolute atomic E-state index is 16.0. The third kappa shape index (κ3) is 2.86. The Morgan fingerprint density at radius 3 is 1.12 bits per heavy atom. The van der Waals surface area contributed by atoms with E-state index in [2.05, 4.69) is 0 Å². The summed E-state index contributed by atoms with van der Waals surface area (Å²) in [5, 5.41) is 0. The van der Waals surface area contributed by atoms with Crippen LogP contribution < -0.4 is 0 Å². The second-order valence-electron chi connectivity index (χ2n) is 11.2. The fourth-order valence-corrected chi connectivity index (χ4v) is 14.5. The lowest BCUT2D eigenvalue weighted by Crippen LogP contribution is -2.63. The van der Waals surface area contributed by atoms with E-state index in [1.165, 1.54) is 62.4 Å². The molecule has 2 aliphatic heterocycles. The molecular weight excluding hydrogens is 614 g/mol. The lowest BCUT2D eigenvalue weighted by atomic mass is 9.64. The lowest BCUT2D eigenvalue weighted by Gasteiger charge is -2.50. The number of rotatable bonds is 4. The summed E-state index contributed by atoms with van der Waals surface area (Å²) in [6, 6.07) is 14.4. The summed E-state index contributed by atoms with van der Waals surface area (Å²) in [7, 11) is -10.1. The Bertz CT molecular complexity index is 1820. The molecule has 0 N–H and O–H groups in total. The van der Waals surface area contributed by atoms with Gasteiger partial charge in [-0.2, -0.15) is 26.3 Å². The Hall–Kier alpha value is -3.12. The van der Waals surface area contributed by atoms with Crippen molar-refractivity contribution in [2.45, 2.75) is 67.8 Å². The molecule has 228 valence electrons. The predicted octanol–water partition coefficient (Wildman–Crippen LogP) is 7.53. The van der Waals surface area contributed by atoms with Gasteiger partial charge in [0.2, 0.25) is 0 Å². The van der Waals surface area contributed by atoms with Crippen LogP contribution in [0.1, 0.15) is 51.7 Å². The Kier molecular flexibility index (Phi) is 5.94. The average molecular weight is 641 g/mol. The van der Waals surface area contributed by atoms with Crippen molar-refractivity contribution in [3.63, 3.8) is 0 Å². The minimum atomic E-state index is -5.98. The van der Waals surface area contributed by atoms with Gasteiger partial charge in [-0.1, -0.05) is 74.5 Å². The van der Waals surface area contributed by atoms with E-state index in [9.17, 15) is 16.8 Å². The zero-order valence-corrected chi connectivity index (χ0v) is 25.0. The monoisotopic (exact) mass is 640 g/mol. The molecule has 0 radical (unpaired) electrons. The predicted molar refractivity (Wildman–Crippen MR) is 151 cm³/mol. The molecule has 2 aromatic carbocycles. The third-order valence-corrected chi connectivity index (χ3v) is 15.4. The maximum Gasteiger partial charge on any atom is 0.380 e. The van der Waals surface area contributed by atoms with E-state index < -0.39 is 103 Å².